The van der Waals surface area contributed by atoms with Crippen molar-refractivity contribution >= 4 is 23.8 Å². The molecule has 9 nitrogen and oxygen atoms in total. The Morgan fingerprint density at radius 3 is 1.59 bits per heavy atom. The van der Waals surface area contributed by atoms with Crippen molar-refractivity contribution in [1.29, 1.82) is 0 Å². The fourth-order valence-electron chi connectivity index (χ4n) is 3.53. The standard InChI is InChI=1S/C23H42N2O7/c1-11-15(8)17(25(10)20(27)18(26)13(4)5)23(31)32-19(14(6)7)21(28)24(9)16(12(2)3)22(29)30/h12-19,26H,11H2,1-10H3,(H,29,30). The molecule has 0 aromatic rings. The Kier molecular flexibility index (Phi) is 11.9. The molecule has 9 heteroatoms. The molecule has 0 aromatic carbocycles. The van der Waals surface area contributed by atoms with Gasteiger partial charge in [-0.05, 0) is 23.7 Å². The number of esters is 1. The molecule has 0 heterocycles. The molecule has 32 heavy (non-hydrogen) atoms. The number of carbonyl (C=O) groups is 4. The monoisotopic (exact) mass is 458 g/mol. The van der Waals surface area contributed by atoms with Gasteiger partial charge in [0.25, 0.3) is 11.8 Å². The van der Waals surface area contributed by atoms with E-state index in [4.69, 9.17) is 4.74 Å². The van der Waals surface area contributed by atoms with Gasteiger partial charge in [-0.25, -0.2) is 9.59 Å². The maximum absolute atomic E-state index is 13.2. The van der Waals surface area contributed by atoms with E-state index in [0.717, 1.165) is 4.90 Å². The maximum Gasteiger partial charge on any atom is 0.329 e. The molecule has 0 fully saturated rings. The van der Waals surface area contributed by atoms with Crippen LogP contribution in [0.5, 0.6) is 0 Å². The van der Waals surface area contributed by atoms with Crippen LogP contribution in [0.25, 0.3) is 0 Å². The van der Waals surface area contributed by atoms with Gasteiger partial charge in [0.2, 0.25) is 0 Å². The number of hydrogen-bond acceptors (Lipinski definition) is 6. The van der Waals surface area contributed by atoms with E-state index in [2.05, 4.69) is 0 Å². The first-order valence-corrected chi connectivity index (χ1v) is 11.2. The van der Waals surface area contributed by atoms with Crippen molar-refractivity contribution in [1.82, 2.24) is 9.80 Å². The van der Waals surface area contributed by atoms with Crippen LogP contribution in [-0.4, -0.2) is 82.2 Å². The lowest BCUT2D eigenvalue weighted by atomic mass is 9.96. The molecule has 0 radical (unpaired) electrons. The minimum absolute atomic E-state index is 0.293. The Balaban J connectivity index is 5.89. The molecule has 0 spiro atoms. The van der Waals surface area contributed by atoms with Gasteiger partial charge < -0.3 is 24.7 Å². The Hall–Kier alpha value is -2.16. The van der Waals surface area contributed by atoms with Gasteiger partial charge in [0.1, 0.15) is 18.2 Å². The molecule has 0 aliphatic carbocycles. The van der Waals surface area contributed by atoms with Crippen molar-refractivity contribution in [2.45, 2.75) is 86.1 Å². The van der Waals surface area contributed by atoms with Crippen molar-refractivity contribution in [3.05, 3.63) is 0 Å². The highest BCUT2D eigenvalue weighted by molar-refractivity contribution is 5.90. The van der Waals surface area contributed by atoms with Crippen molar-refractivity contribution in [3.63, 3.8) is 0 Å². The van der Waals surface area contributed by atoms with E-state index in [9.17, 15) is 29.4 Å². The zero-order valence-corrected chi connectivity index (χ0v) is 21.2. The number of carboxylic acid groups (broad SMARTS) is 1. The first-order valence-electron chi connectivity index (χ1n) is 11.2. The summed E-state index contributed by atoms with van der Waals surface area (Å²) < 4.78 is 5.60. The van der Waals surface area contributed by atoms with Gasteiger partial charge in [-0.3, -0.25) is 9.59 Å². The molecule has 5 unspecified atom stereocenters. The van der Waals surface area contributed by atoms with Gasteiger partial charge in [0.05, 0.1) is 0 Å². The fourth-order valence-corrected chi connectivity index (χ4v) is 3.53. The lowest BCUT2D eigenvalue weighted by Gasteiger charge is -2.35. The van der Waals surface area contributed by atoms with E-state index < -0.39 is 54.0 Å². The van der Waals surface area contributed by atoms with Crippen LogP contribution in [0, 0.1) is 23.7 Å². The third-order valence-electron chi connectivity index (χ3n) is 5.82. The summed E-state index contributed by atoms with van der Waals surface area (Å²) in [5, 5.41) is 19.7. The SMILES string of the molecule is CCC(C)C(C(=O)OC(C(=O)N(C)C(C(=O)O)C(C)C)C(C)C)N(C)C(=O)C(O)C(C)C. The summed E-state index contributed by atoms with van der Waals surface area (Å²) >= 11 is 0. The molecule has 5 atom stereocenters. The first-order chi connectivity index (χ1) is 14.6. The van der Waals surface area contributed by atoms with Gasteiger partial charge in [0.15, 0.2) is 6.10 Å². The quantitative estimate of drug-likeness (QED) is 0.429. The molecule has 0 aliphatic rings. The first kappa shape index (κ1) is 29.8. The van der Waals surface area contributed by atoms with Crippen LogP contribution in [0.4, 0.5) is 0 Å². The van der Waals surface area contributed by atoms with E-state index in [1.807, 2.05) is 6.92 Å². The molecule has 0 saturated carbocycles. The highest BCUT2D eigenvalue weighted by Crippen LogP contribution is 2.22. The maximum atomic E-state index is 13.2. The number of nitrogens with zero attached hydrogens (tertiary/aromatic N) is 2. The summed E-state index contributed by atoms with van der Waals surface area (Å²) in [6.07, 6.45) is -1.92. The van der Waals surface area contributed by atoms with Gasteiger partial charge in [0, 0.05) is 14.1 Å². The summed E-state index contributed by atoms with van der Waals surface area (Å²) in [6, 6.07) is -2.07. The molecular weight excluding hydrogens is 416 g/mol. The molecule has 2 N–H and O–H groups in total. The predicted octanol–water partition coefficient (Wildman–Crippen LogP) is 2.01. The minimum Gasteiger partial charge on any atom is -0.480 e. The average Bonchev–Trinajstić information content (AvgIpc) is 2.68. The number of ether oxygens (including phenoxy) is 1. The normalized spacial score (nSPS) is 16.3. The Morgan fingerprint density at radius 1 is 0.781 bits per heavy atom. The van der Waals surface area contributed by atoms with Gasteiger partial charge in [-0.1, -0.05) is 61.8 Å². The lowest BCUT2D eigenvalue weighted by Crippen LogP contribution is -2.55. The lowest BCUT2D eigenvalue weighted by molar-refractivity contribution is -0.173. The van der Waals surface area contributed by atoms with Crippen molar-refractivity contribution in [3.8, 4) is 0 Å². The number of carboxylic acids is 1. The minimum atomic E-state index is -1.27. The summed E-state index contributed by atoms with van der Waals surface area (Å²) in [6.45, 7) is 13.8. The van der Waals surface area contributed by atoms with Gasteiger partial charge in [-0.15, -0.1) is 0 Å². The molecule has 0 rings (SSSR count). The Labute approximate surface area is 192 Å². The number of aliphatic hydroxyl groups is 1. The second-order valence-corrected chi connectivity index (χ2v) is 9.55. The topological polar surface area (TPSA) is 124 Å². The van der Waals surface area contributed by atoms with E-state index in [1.165, 1.54) is 19.0 Å². The highest BCUT2D eigenvalue weighted by atomic mass is 16.6. The van der Waals surface area contributed by atoms with Crippen molar-refractivity contribution < 1.29 is 34.1 Å². The van der Waals surface area contributed by atoms with E-state index in [0.29, 0.717) is 6.42 Å². The summed E-state index contributed by atoms with van der Waals surface area (Å²) in [7, 11) is 2.81. The van der Waals surface area contributed by atoms with Crippen LogP contribution in [0.2, 0.25) is 0 Å². The van der Waals surface area contributed by atoms with Gasteiger partial charge >= 0.3 is 11.9 Å². The third-order valence-corrected chi connectivity index (χ3v) is 5.82. The number of aliphatic hydroxyl groups excluding tert-OH is 1. The molecule has 0 bridgehead atoms. The fraction of sp³-hybridized carbons (Fsp3) is 0.826. The molecule has 0 saturated heterocycles. The number of hydrogen-bond donors (Lipinski definition) is 2. The van der Waals surface area contributed by atoms with Crippen LogP contribution < -0.4 is 0 Å². The highest BCUT2D eigenvalue weighted by Gasteiger charge is 2.40. The summed E-state index contributed by atoms with van der Waals surface area (Å²) in [5.41, 5.74) is 0. The smallest absolute Gasteiger partial charge is 0.329 e. The number of likely N-dealkylation sites (N-methyl/N-ethyl adjacent to an activating group) is 2. The number of carbonyl (C=O) groups excluding carboxylic acids is 3. The van der Waals surface area contributed by atoms with Crippen molar-refractivity contribution in [2.75, 3.05) is 14.1 Å². The van der Waals surface area contributed by atoms with E-state index in [-0.39, 0.29) is 17.8 Å². The molecular formula is C23H42N2O7. The molecule has 0 aliphatic heterocycles. The summed E-state index contributed by atoms with van der Waals surface area (Å²) in [4.78, 5) is 52.9. The second kappa shape index (κ2) is 12.8. The predicted molar refractivity (Wildman–Crippen MR) is 121 cm³/mol. The summed E-state index contributed by atoms with van der Waals surface area (Å²) in [5.74, 6) is -4.51. The van der Waals surface area contributed by atoms with Crippen LogP contribution in [0.1, 0.15) is 61.8 Å². The van der Waals surface area contributed by atoms with E-state index >= 15 is 0 Å². The van der Waals surface area contributed by atoms with Crippen LogP contribution >= 0.6 is 0 Å². The van der Waals surface area contributed by atoms with Gasteiger partial charge in [-0.2, -0.15) is 0 Å². The number of rotatable bonds is 12. The zero-order valence-electron chi connectivity index (χ0n) is 21.2. The van der Waals surface area contributed by atoms with Crippen LogP contribution in [0.15, 0.2) is 0 Å². The van der Waals surface area contributed by atoms with Crippen LogP contribution in [0.3, 0.4) is 0 Å². The Bertz CT molecular complexity index is 663. The van der Waals surface area contributed by atoms with Crippen LogP contribution in [-0.2, 0) is 23.9 Å². The number of amides is 2. The zero-order chi connectivity index (χ0) is 25.5. The largest absolute Gasteiger partial charge is 0.480 e. The molecule has 186 valence electrons. The van der Waals surface area contributed by atoms with Crippen molar-refractivity contribution in [2.24, 2.45) is 23.7 Å². The molecule has 0 aromatic heterocycles. The number of aliphatic carboxylic acids is 1. The Morgan fingerprint density at radius 2 is 1.25 bits per heavy atom. The molecule has 2 amide bonds. The van der Waals surface area contributed by atoms with E-state index in [1.54, 1.807) is 48.5 Å². The second-order valence-electron chi connectivity index (χ2n) is 9.55. The third kappa shape index (κ3) is 7.46. The average molecular weight is 459 g/mol.